The number of nitrogens with one attached hydrogen (secondary N) is 1. The molecule has 0 fully saturated rings. The van der Waals surface area contributed by atoms with Crippen LogP contribution in [-0.4, -0.2) is 45.9 Å². The molecule has 0 radical (unpaired) electrons. The summed E-state index contributed by atoms with van der Waals surface area (Å²) in [5.74, 6) is 0.889. The zero-order valence-electron chi connectivity index (χ0n) is 17.0. The van der Waals surface area contributed by atoms with Crippen LogP contribution in [0.5, 0.6) is 11.5 Å². The molecule has 0 bridgehead atoms. The van der Waals surface area contributed by atoms with Crippen LogP contribution in [-0.2, 0) is 14.8 Å². The molecule has 1 aliphatic heterocycles. The summed E-state index contributed by atoms with van der Waals surface area (Å²) in [6.45, 7) is 5.79. The van der Waals surface area contributed by atoms with Gasteiger partial charge in [-0.1, -0.05) is 24.3 Å². The Balaban J connectivity index is 1.71. The van der Waals surface area contributed by atoms with Gasteiger partial charge in [0.05, 0.1) is 18.5 Å². The van der Waals surface area contributed by atoms with E-state index in [-0.39, 0.29) is 12.6 Å². The summed E-state index contributed by atoms with van der Waals surface area (Å²) in [7, 11) is -3.67. The van der Waals surface area contributed by atoms with E-state index >= 15 is 0 Å². The minimum absolute atomic E-state index is 0.210. The highest BCUT2D eigenvalue weighted by Gasteiger charge is 2.31. The zero-order chi connectivity index (χ0) is 21.2. The van der Waals surface area contributed by atoms with E-state index in [9.17, 15) is 13.2 Å². The second-order valence-electron chi connectivity index (χ2n) is 7.27. The Labute approximate surface area is 171 Å². The number of para-hydroxylation sites is 2. The Morgan fingerprint density at radius 1 is 1.21 bits per heavy atom. The third-order valence-corrected chi connectivity index (χ3v) is 5.99. The van der Waals surface area contributed by atoms with Crippen molar-refractivity contribution in [2.45, 2.75) is 32.9 Å². The molecule has 1 heterocycles. The van der Waals surface area contributed by atoms with E-state index in [1.165, 1.54) is 0 Å². The van der Waals surface area contributed by atoms with Crippen LogP contribution < -0.4 is 19.1 Å². The molecule has 3 rings (SSSR count). The van der Waals surface area contributed by atoms with Crippen molar-refractivity contribution in [3.05, 3.63) is 53.6 Å². The fourth-order valence-electron chi connectivity index (χ4n) is 3.26. The predicted molar refractivity (Wildman–Crippen MR) is 112 cm³/mol. The van der Waals surface area contributed by atoms with Crippen LogP contribution in [0.2, 0.25) is 0 Å². The van der Waals surface area contributed by atoms with E-state index < -0.39 is 22.0 Å². The maximum Gasteiger partial charge on any atom is 0.243 e. The summed E-state index contributed by atoms with van der Waals surface area (Å²) in [4.78, 5) is 12.8. The molecule has 8 heteroatoms. The van der Waals surface area contributed by atoms with Crippen LogP contribution in [0, 0.1) is 13.8 Å². The second-order valence-corrected chi connectivity index (χ2v) is 9.13. The van der Waals surface area contributed by atoms with Gasteiger partial charge in [-0.15, -0.1) is 0 Å². The first kappa shape index (κ1) is 21.0. The minimum Gasteiger partial charge on any atom is -0.486 e. The number of sulfonamides is 1. The summed E-state index contributed by atoms with van der Waals surface area (Å²) in [6.07, 6.45) is 0.751. The molecule has 1 N–H and O–H groups in total. The van der Waals surface area contributed by atoms with Crippen molar-refractivity contribution in [3.63, 3.8) is 0 Å². The Bertz CT molecular complexity index is 1010. The molecule has 7 nitrogen and oxygen atoms in total. The number of ether oxygens (including phenoxy) is 2. The van der Waals surface area contributed by atoms with E-state index in [1.807, 2.05) is 44.2 Å². The molecular formula is C21H26N2O5S. The number of nitrogens with zero attached hydrogens (tertiary/aromatic N) is 1. The first-order chi connectivity index (χ1) is 13.7. The number of benzene rings is 2. The summed E-state index contributed by atoms with van der Waals surface area (Å²) in [5.41, 5.74) is 2.20. The SMILES string of the molecule is Cc1ccc(C)c(N([C@@H](C)C(=O)NC[C@H]2COc3ccccc3O2)S(C)(=O)=O)c1. The average Bonchev–Trinajstić information content (AvgIpc) is 2.67. The van der Waals surface area contributed by atoms with Crippen LogP contribution in [0.3, 0.4) is 0 Å². The molecule has 2 atom stereocenters. The van der Waals surface area contributed by atoms with Crippen molar-refractivity contribution in [1.82, 2.24) is 5.32 Å². The van der Waals surface area contributed by atoms with E-state index in [1.54, 1.807) is 19.1 Å². The van der Waals surface area contributed by atoms with E-state index in [0.717, 1.165) is 21.7 Å². The number of aryl methyl sites for hydroxylation is 2. The lowest BCUT2D eigenvalue weighted by Gasteiger charge is -2.31. The number of hydrogen-bond donors (Lipinski definition) is 1. The molecule has 0 saturated heterocycles. The van der Waals surface area contributed by atoms with Gasteiger partial charge in [-0.2, -0.15) is 0 Å². The van der Waals surface area contributed by atoms with Gasteiger partial charge >= 0.3 is 0 Å². The number of carbonyl (C=O) groups is 1. The highest BCUT2D eigenvalue weighted by atomic mass is 32.2. The first-order valence-corrected chi connectivity index (χ1v) is 11.2. The molecule has 0 unspecified atom stereocenters. The van der Waals surface area contributed by atoms with Crippen LogP contribution >= 0.6 is 0 Å². The molecular weight excluding hydrogens is 392 g/mol. The van der Waals surface area contributed by atoms with Gasteiger partial charge in [-0.25, -0.2) is 8.42 Å². The zero-order valence-corrected chi connectivity index (χ0v) is 17.8. The summed E-state index contributed by atoms with van der Waals surface area (Å²) >= 11 is 0. The molecule has 0 aliphatic carbocycles. The lowest BCUT2D eigenvalue weighted by molar-refractivity contribution is -0.122. The molecule has 0 aromatic heterocycles. The smallest absolute Gasteiger partial charge is 0.243 e. The Morgan fingerprint density at radius 2 is 1.90 bits per heavy atom. The van der Waals surface area contributed by atoms with E-state index in [0.29, 0.717) is 23.8 Å². The molecule has 2 aromatic carbocycles. The maximum atomic E-state index is 12.8. The normalized spacial score (nSPS) is 16.8. The van der Waals surface area contributed by atoms with Crippen molar-refractivity contribution >= 4 is 21.6 Å². The van der Waals surface area contributed by atoms with Gasteiger partial charge in [-0.3, -0.25) is 9.10 Å². The van der Waals surface area contributed by atoms with Crippen LogP contribution in [0.25, 0.3) is 0 Å². The van der Waals surface area contributed by atoms with Crippen LogP contribution in [0.1, 0.15) is 18.1 Å². The number of rotatable bonds is 6. The van der Waals surface area contributed by atoms with Gasteiger partial charge in [0, 0.05) is 0 Å². The van der Waals surface area contributed by atoms with Crippen molar-refractivity contribution in [1.29, 1.82) is 0 Å². The molecule has 2 aromatic rings. The Morgan fingerprint density at radius 3 is 2.59 bits per heavy atom. The molecule has 1 aliphatic rings. The molecule has 1 amide bonds. The Hall–Kier alpha value is -2.74. The highest BCUT2D eigenvalue weighted by Crippen LogP contribution is 2.31. The van der Waals surface area contributed by atoms with Gasteiger partial charge in [0.25, 0.3) is 0 Å². The number of hydrogen-bond acceptors (Lipinski definition) is 5. The Kier molecular flexibility index (Phi) is 6.02. The summed E-state index contributed by atoms with van der Waals surface area (Å²) in [6, 6.07) is 11.9. The van der Waals surface area contributed by atoms with Crippen molar-refractivity contribution in [2.24, 2.45) is 0 Å². The largest absolute Gasteiger partial charge is 0.486 e. The summed E-state index contributed by atoms with van der Waals surface area (Å²) in [5, 5.41) is 2.79. The number of anilines is 1. The predicted octanol–water partition coefficient (Wildman–Crippen LogP) is 2.41. The summed E-state index contributed by atoms with van der Waals surface area (Å²) < 4.78 is 37.6. The molecule has 0 spiro atoms. The second kappa shape index (κ2) is 8.32. The van der Waals surface area contributed by atoms with E-state index in [2.05, 4.69) is 5.32 Å². The third kappa shape index (κ3) is 4.82. The molecule has 0 saturated carbocycles. The fraction of sp³-hybridized carbons (Fsp3) is 0.381. The molecule has 29 heavy (non-hydrogen) atoms. The third-order valence-electron chi connectivity index (χ3n) is 4.76. The number of carbonyl (C=O) groups excluding carboxylic acids is 1. The fourth-order valence-corrected chi connectivity index (χ4v) is 4.49. The van der Waals surface area contributed by atoms with E-state index in [4.69, 9.17) is 9.47 Å². The van der Waals surface area contributed by atoms with Crippen LogP contribution in [0.15, 0.2) is 42.5 Å². The van der Waals surface area contributed by atoms with Crippen molar-refractivity contribution in [2.75, 3.05) is 23.7 Å². The van der Waals surface area contributed by atoms with Crippen molar-refractivity contribution in [3.8, 4) is 11.5 Å². The first-order valence-electron chi connectivity index (χ1n) is 9.39. The maximum absolute atomic E-state index is 12.8. The van der Waals surface area contributed by atoms with Crippen LogP contribution in [0.4, 0.5) is 5.69 Å². The lowest BCUT2D eigenvalue weighted by Crippen LogP contribution is -2.50. The topological polar surface area (TPSA) is 84.9 Å². The highest BCUT2D eigenvalue weighted by molar-refractivity contribution is 7.92. The van der Waals surface area contributed by atoms with Gasteiger partial charge in [0.1, 0.15) is 18.8 Å². The molecule has 156 valence electrons. The standard InChI is InChI=1S/C21H26N2O5S/c1-14-9-10-15(2)18(11-14)23(29(4,25)26)16(3)21(24)22-12-17-13-27-19-7-5-6-8-20(19)28-17/h5-11,16-17H,12-13H2,1-4H3,(H,22,24)/t16-,17-/m0/s1. The monoisotopic (exact) mass is 418 g/mol. The van der Waals surface area contributed by atoms with Gasteiger partial charge in [0.15, 0.2) is 11.5 Å². The van der Waals surface area contributed by atoms with Gasteiger partial charge in [-0.05, 0) is 50.1 Å². The number of amides is 1. The van der Waals surface area contributed by atoms with Crippen molar-refractivity contribution < 1.29 is 22.7 Å². The quantitative estimate of drug-likeness (QED) is 0.779. The number of fused-ring (bicyclic) bond motifs is 1. The van der Waals surface area contributed by atoms with Gasteiger partial charge in [0.2, 0.25) is 15.9 Å². The average molecular weight is 419 g/mol. The lowest BCUT2D eigenvalue weighted by atomic mass is 10.1. The minimum atomic E-state index is -3.67. The van der Waals surface area contributed by atoms with Gasteiger partial charge < -0.3 is 14.8 Å².